The molecule has 0 radical (unpaired) electrons. The standard InChI is InChI=1S/C17H25N3OS/c1-12-19-16-13(3-2-4-14(16)22-12)20-11-17(6-5-15(20)21)7-9-18-10-8-17/h13,18H,2-11H2,1H3/t13-/m1/s1. The van der Waals surface area contributed by atoms with Crippen molar-refractivity contribution in [2.24, 2.45) is 5.41 Å². The van der Waals surface area contributed by atoms with Crippen molar-refractivity contribution < 1.29 is 4.79 Å². The zero-order valence-corrected chi connectivity index (χ0v) is 14.2. The number of nitrogens with one attached hydrogen (secondary N) is 1. The van der Waals surface area contributed by atoms with Gasteiger partial charge in [-0.25, -0.2) is 4.98 Å². The Kier molecular flexibility index (Phi) is 3.73. The second kappa shape index (κ2) is 5.60. The molecule has 22 heavy (non-hydrogen) atoms. The third-order valence-electron chi connectivity index (χ3n) is 5.77. The second-order valence-electron chi connectivity index (χ2n) is 7.22. The van der Waals surface area contributed by atoms with E-state index in [1.807, 2.05) is 11.3 Å². The molecule has 0 bridgehead atoms. The highest BCUT2D eigenvalue weighted by Gasteiger charge is 2.43. The van der Waals surface area contributed by atoms with Gasteiger partial charge in [0.2, 0.25) is 5.91 Å². The summed E-state index contributed by atoms with van der Waals surface area (Å²) in [6, 6.07) is 0.244. The van der Waals surface area contributed by atoms with Crippen LogP contribution in [0.15, 0.2) is 0 Å². The van der Waals surface area contributed by atoms with Crippen LogP contribution in [0.3, 0.4) is 0 Å². The number of carbonyl (C=O) groups excluding carboxylic acids is 1. The highest BCUT2D eigenvalue weighted by Crippen LogP contribution is 2.44. The molecule has 2 fully saturated rings. The molecule has 1 amide bonds. The molecule has 120 valence electrons. The van der Waals surface area contributed by atoms with Gasteiger partial charge in [0.1, 0.15) is 0 Å². The molecule has 1 atom stereocenters. The van der Waals surface area contributed by atoms with Crippen LogP contribution < -0.4 is 5.32 Å². The van der Waals surface area contributed by atoms with Crippen LogP contribution >= 0.6 is 11.3 Å². The third-order valence-corrected chi connectivity index (χ3v) is 6.81. The number of thiazole rings is 1. The topological polar surface area (TPSA) is 45.2 Å². The monoisotopic (exact) mass is 319 g/mol. The van der Waals surface area contributed by atoms with Gasteiger partial charge in [0.15, 0.2) is 0 Å². The first-order chi connectivity index (χ1) is 10.7. The molecule has 0 saturated carbocycles. The number of amides is 1. The number of likely N-dealkylation sites (tertiary alicyclic amines) is 1. The average Bonchev–Trinajstić information content (AvgIpc) is 2.91. The van der Waals surface area contributed by atoms with Gasteiger partial charge < -0.3 is 10.2 Å². The van der Waals surface area contributed by atoms with Crippen LogP contribution in [0, 0.1) is 12.3 Å². The fraction of sp³-hybridized carbons (Fsp3) is 0.765. The van der Waals surface area contributed by atoms with Crippen LogP contribution in [0.1, 0.15) is 60.1 Å². The molecule has 0 aromatic carbocycles. The van der Waals surface area contributed by atoms with E-state index in [2.05, 4.69) is 17.1 Å². The third kappa shape index (κ3) is 2.48. The van der Waals surface area contributed by atoms with E-state index in [4.69, 9.17) is 4.98 Å². The summed E-state index contributed by atoms with van der Waals surface area (Å²) in [7, 11) is 0. The minimum Gasteiger partial charge on any atom is -0.333 e. The summed E-state index contributed by atoms with van der Waals surface area (Å²) < 4.78 is 0. The normalized spacial score (nSPS) is 28.0. The maximum absolute atomic E-state index is 12.6. The Morgan fingerprint density at radius 2 is 2.09 bits per heavy atom. The van der Waals surface area contributed by atoms with Crippen LogP contribution in [0.5, 0.6) is 0 Å². The van der Waals surface area contributed by atoms with Crippen LogP contribution in [-0.4, -0.2) is 35.4 Å². The van der Waals surface area contributed by atoms with E-state index in [9.17, 15) is 4.79 Å². The average molecular weight is 319 g/mol. The number of carbonyl (C=O) groups is 1. The molecule has 3 aliphatic rings. The molecule has 2 saturated heterocycles. The predicted octanol–water partition coefficient (Wildman–Crippen LogP) is 2.82. The number of fused-ring (bicyclic) bond motifs is 1. The summed E-state index contributed by atoms with van der Waals surface area (Å²) >= 11 is 1.83. The number of hydrogen-bond donors (Lipinski definition) is 1. The fourth-order valence-corrected chi connectivity index (χ4v) is 5.55. The van der Waals surface area contributed by atoms with Gasteiger partial charge in [0.05, 0.1) is 16.7 Å². The molecule has 0 unspecified atom stereocenters. The molecule has 1 aliphatic carbocycles. The molecule has 4 rings (SSSR count). The van der Waals surface area contributed by atoms with Gasteiger partial charge in [0.25, 0.3) is 0 Å². The van der Waals surface area contributed by atoms with Gasteiger partial charge in [-0.3, -0.25) is 4.79 Å². The molecule has 1 N–H and O–H groups in total. The first-order valence-corrected chi connectivity index (χ1v) is 9.45. The number of piperidine rings is 2. The lowest BCUT2D eigenvalue weighted by Gasteiger charge is -2.48. The van der Waals surface area contributed by atoms with Crippen molar-refractivity contribution in [1.29, 1.82) is 0 Å². The first kappa shape index (κ1) is 14.6. The molecular weight excluding hydrogens is 294 g/mol. The molecule has 1 spiro atoms. The van der Waals surface area contributed by atoms with Gasteiger partial charge in [-0.15, -0.1) is 11.3 Å². The molecule has 2 aliphatic heterocycles. The van der Waals surface area contributed by atoms with Crippen LogP contribution in [-0.2, 0) is 11.2 Å². The lowest BCUT2D eigenvalue weighted by molar-refractivity contribution is -0.142. The van der Waals surface area contributed by atoms with Crippen molar-refractivity contribution >= 4 is 17.2 Å². The Morgan fingerprint density at radius 1 is 1.27 bits per heavy atom. The lowest BCUT2D eigenvalue weighted by atomic mass is 9.72. The van der Waals surface area contributed by atoms with E-state index >= 15 is 0 Å². The largest absolute Gasteiger partial charge is 0.333 e. The van der Waals surface area contributed by atoms with E-state index < -0.39 is 0 Å². The number of nitrogens with zero attached hydrogens (tertiary/aromatic N) is 2. The van der Waals surface area contributed by atoms with Crippen molar-refractivity contribution in [1.82, 2.24) is 15.2 Å². The molecule has 4 nitrogen and oxygen atoms in total. The number of rotatable bonds is 1. The lowest BCUT2D eigenvalue weighted by Crippen LogP contribution is -2.52. The Labute approximate surface area is 136 Å². The quantitative estimate of drug-likeness (QED) is 0.866. The summed E-state index contributed by atoms with van der Waals surface area (Å²) in [4.78, 5) is 21.0. The van der Waals surface area contributed by atoms with Gasteiger partial charge in [0, 0.05) is 17.8 Å². The SMILES string of the molecule is Cc1nc2c(s1)CCC[C@H]2N1CC2(CCNCC2)CCC1=O. The molecule has 1 aromatic rings. The maximum Gasteiger partial charge on any atom is 0.223 e. The van der Waals surface area contributed by atoms with Crippen molar-refractivity contribution in [2.75, 3.05) is 19.6 Å². The zero-order valence-electron chi connectivity index (χ0n) is 13.4. The van der Waals surface area contributed by atoms with Crippen LogP contribution in [0.4, 0.5) is 0 Å². The maximum atomic E-state index is 12.6. The van der Waals surface area contributed by atoms with Gasteiger partial charge >= 0.3 is 0 Å². The minimum atomic E-state index is 0.244. The molecule has 5 heteroatoms. The molecule has 1 aromatic heterocycles. The van der Waals surface area contributed by atoms with Crippen LogP contribution in [0.2, 0.25) is 0 Å². The van der Waals surface area contributed by atoms with E-state index in [1.54, 1.807) is 0 Å². The number of aryl methyl sites for hydroxylation is 2. The summed E-state index contributed by atoms with van der Waals surface area (Å²) in [6.45, 7) is 5.25. The summed E-state index contributed by atoms with van der Waals surface area (Å²) in [5.41, 5.74) is 1.58. The van der Waals surface area contributed by atoms with Crippen molar-refractivity contribution in [3.05, 3.63) is 15.6 Å². The van der Waals surface area contributed by atoms with Gasteiger partial charge in [-0.05, 0) is 64.0 Å². The highest BCUT2D eigenvalue weighted by molar-refractivity contribution is 7.11. The predicted molar refractivity (Wildman–Crippen MR) is 88.0 cm³/mol. The summed E-state index contributed by atoms with van der Waals surface area (Å²) in [5.74, 6) is 0.354. The van der Waals surface area contributed by atoms with Crippen molar-refractivity contribution in [2.45, 2.75) is 57.9 Å². The Hall–Kier alpha value is -0.940. The Bertz CT molecular complexity index is 576. The van der Waals surface area contributed by atoms with Crippen molar-refractivity contribution in [3.63, 3.8) is 0 Å². The second-order valence-corrected chi connectivity index (χ2v) is 8.51. The highest BCUT2D eigenvalue weighted by atomic mass is 32.1. The zero-order chi connectivity index (χ0) is 15.2. The summed E-state index contributed by atoms with van der Waals surface area (Å²) in [6.07, 6.45) is 7.68. The molecule has 3 heterocycles. The van der Waals surface area contributed by atoms with E-state index in [-0.39, 0.29) is 6.04 Å². The van der Waals surface area contributed by atoms with E-state index in [0.29, 0.717) is 11.3 Å². The number of hydrogen-bond acceptors (Lipinski definition) is 4. The first-order valence-electron chi connectivity index (χ1n) is 8.63. The van der Waals surface area contributed by atoms with E-state index in [1.165, 1.54) is 29.8 Å². The van der Waals surface area contributed by atoms with E-state index in [0.717, 1.165) is 50.3 Å². The Balaban J connectivity index is 1.62. The fourth-order valence-electron chi connectivity index (χ4n) is 4.51. The van der Waals surface area contributed by atoms with Gasteiger partial charge in [-0.2, -0.15) is 0 Å². The number of aromatic nitrogens is 1. The van der Waals surface area contributed by atoms with Crippen LogP contribution in [0.25, 0.3) is 0 Å². The van der Waals surface area contributed by atoms with Gasteiger partial charge in [-0.1, -0.05) is 0 Å². The minimum absolute atomic E-state index is 0.244. The molecular formula is C17H25N3OS. The van der Waals surface area contributed by atoms with Crippen molar-refractivity contribution in [3.8, 4) is 0 Å². The summed E-state index contributed by atoms with van der Waals surface area (Å²) in [5, 5.41) is 4.62. The smallest absolute Gasteiger partial charge is 0.223 e. The Morgan fingerprint density at radius 3 is 2.91 bits per heavy atom.